The molecule has 0 fully saturated rings. The molecule has 0 saturated heterocycles. The molecule has 4 bridgehead atoms. The highest BCUT2D eigenvalue weighted by molar-refractivity contribution is 7.99. The third kappa shape index (κ3) is 7.20. The van der Waals surface area contributed by atoms with Crippen LogP contribution in [0.4, 0.5) is 8.78 Å². The number of carboxylic acid groups (broad SMARTS) is 1. The zero-order chi connectivity index (χ0) is 36.0. The largest absolute Gasteiger partial charge is 0.481 e. The van der Waals surface area contributed by atoms with Gasteiger partial charge in [-0.2, -0.15) is 5.10 Å². The van der Waals surface area contributed by atoms with E-state index in [4.69, 9.17) is 10.1 Å². The van der Waals surface area contributed by atoms with Crippen molar-refractivity contribution in [3.8, 4) is 11.5 Å². The number of aromatic nitrogens is 5. The molecule has 2 atom stereocenters. The van der Waals surface area contributed by atoms with Crippen LogP contribution in [0.15, 0.2) is 64.6 Å². The molecule has 0 amide bonds. The van der Waals surface area contributed by atoms with Crippen LogP contribution in [0.25, 0.3) is 22.4 Å². The number of pyridine rings is 1. The van der Waals surface area contributed by atoms with Crippen molar-refractivity contribution in [2.75, 3.05) is 11.5 Å². The molecule has 9 nitrogen and oxygen atoms in total. The van der Waals surface area contributed by atoms with Crippen molar-refractivity contribution >= 4 is 38.5 Å². The Balaban J connectivity index is 1.49. The first-order valence-corrected chi connectivity index (χ1v) is 19.3. The number of hydrogen-bond donors (Lipinski definition) is 2. The first-order valence-electron chi connectivity index (χ1n) is 16.6. The van der Waals surface area contributed by atoms with Gasteiger partial charge < -0.3 is 10.1 Å². The molecule has 13 heteroatoms. The number of benzene rings is 2. The quantitative estimate of drug-likeness (QED) is 0.195. The topological polar surface area (TPSA) is 131 Å². The van der Waals surface area contributed by atoms with Gasteiger partial charge in [-0.15, -0.1) is 0 Å². The summed E-state index contributed by atoms with van der Waals surface area (Å²) in [6, 6.07) is 12.9. The highest BCUT2D eigenvalue weighted by Gasteiger charge is 2.36. The monoisotopic (exact) mass is 721 g/mol. The van der Waals surface area contributed by atoms with Crippen molar-refractivity contribution in [1.82, 2.24) is 24.7 Å². The van der Waals surface area contributed by atoms with Crippen molar-refractivity contribution in [2.24, 2.45) is 18.4 Å². The second-order valence-corrected chi connectivity index (χ2v) is 17.7. The van der Waals surface area contributed by atoms with Crippen molar-refractivity contribution in [3.05, 3.63) is 89.0 Å². The molecule has 2 aromatic carbocycles. The minimum Gasteiger partial charge on any atom is -0.481 e. The first-order chi connectivity index (χ1) is 23.6. The molecule has 264 valence electrons. The predicted molar refractivity (Wildman–Crippen MR) is 190 cm³/mol. The summed E-state index contributed by atoms with van der Waals surface area (Å²) >= 11 is 1.02. The van der Waals surface area contributed by atoms with E-state index in [0.717, 1.165) is 22.9 Å². The summed E-state index contributed by atoms with van der Waals surface area (Å²) in [5.74, 6) is -2.74. The van der Waals surface area contributed by atoms with Gasteiger partial charge >= 0.3 is 5.97 Å². The normalized spacial score (nSPS) is 20.1. The molecule has 1 aliphatic rings. The number of H-pyrrole nitrogens is 1. The molecular weight excluding hydrogens is 681 g/mol. The second-order valence-electron chi connectivity index (χ2n) is 14.4. The average Bonchev–Trinajstić information content (AvgIpc) is 3.70. The fourth-order valence-corrected chi connectivity index (χ4v) is 10.0. The summed E-state index contributed by atoms with van der Waals surface area (Å²) in [6.07, 6.45) is 5.34. The van der Waals surface area contributed by atoms with E-state index in [2.05, 4.69) is 16.9 Å². The number of carboxylic acids is 1. The lowest BCUT2D eigenvalue weighted by atomic mass is 9.75. The first kappa shape index (κ1) is 35.7. The van der Waals surface area contributed by atoms with E-state index in [0.29, 0.717) is 58.9 Å². The average molecular weight is 722 g/mol. The number of carbonyl (C=O) groups is 1. The molecule has 1 aliphatic heterocycles. The molecule has 4 heterocycles. The number of aromatic amines is 1. The van der Waals surface area contributed by atoms with Gasteiger partial charge in [-0.3, -0.25) is 9.78 Å². The van der Waals surface area contributed by atoms with Crippen molar-refractivity contribution < 1.29 is 27.1 Å². The zero-order valence-electron chi connectivity index (χ0n) is 28.8. The van der Waals surface area contributed by atoms with Gasteiger partial charge in [0.2, 0.25) is 0 Å². The van der Waals surface area contributed by atoms with Crippen molar-refractivity contribution in [2.45, 2.75) is 75.0 Å². The molecule has 0 saturated carbocycles. The minimum atomic E-state index is -3.61. The number of rotatable bonds is 4. The van der Waals surface area contributed by atoms with Crippen molar-refractivity contribution in [3.63, 3.8) is 0 Å². The van der Waals surface area contributed by atoms with Crippen LogP contribution in [0.1, 0.15) is 69.5 Å². The summed E-state index contributed by atoms with van der Waals surface area (Å²) in [4.78, 5) is 24.6. The Hall–Kier alpha value is -4.10. The number of sulfone groups is 1. The summed E-state index contributed by atoms with van der Waals surface area (Å²) in [6.45, 7) is 7.61. The third-order valence-corrected chi connectivity index (χ3v) is 12.9. The zero-order valence-corrected chi connectivity index (χ0v) is 30.4. The molecule has 5 aromatic rings. The fourth-order valence-electron chi connectivity index (χ4n) is 6.96. The number of halogens is 2. The van der Waals surface area contributed by atoms with Gasteiger partial charge in [0.15, 0.2) is 33.1 Å². The van der Waals surface area contributed by atoms with E-state index >= 15 is 8.78 Å². The summed E-state index contributed by atoms with van der Waals surface area (Å²) in [5.41, 5.74) is 1.43. The van der Waals surface area contributed by atoms with E-state index in [1.807, 2.05) is 38.1 Å². The highest BCUT2D eigenvalue weighted by atomic mass is 32.2. The van der Waals surface area contributed by atoms with Crippen LogP contribution in [-0.2, 0) is 39.9 Å². The van der Waals surface area contributed by atoms with Crippen LogP contribution in [0.2, 0.25) is 0 Å². The Bertz CT molecular complexity index is 2200. The van der Waals surface area contributed by atoms with Gasteiger partial charge in [-0.05, 0) is 72.9 Å². The predicted octanol–water partition coefficient (Wildman–Crippen LogP) is 7.52. The van der Waals surface area contributed by atoms with Crippen LogP contribution < -0.4 is 0 Å². The van der Waals surface area contributed by atoms with E-state index in [1.54, 1.807) is 43.0 Å². The van der Waals surface area contributed by atoms with E-state index in [1.165, 1.54) is 6.20 Å². The lowest BCUT2D eigenvalue weighted by Gasteiger charge is -2.31. The van der Waals surface area contributed by atoms with Gasteiger partial charge in [-0.1, -0.05) is 63.2 Å². The van der Waals surface area contributed by atoms with Gasteiger partial charge in [0.1, 0.15) is 5.69 Å². The van der Waals surface area contributed by atoms with E-state index in [9.17, 15) is 18.3 Å². The van der Waals surface area contributed by atoms with Gasteiger partial charge in [0.25, 0.3) is 0 Å². The number of aryl methyl sites for hydroxylation is 2. The molecule has 3 aromatic heterocycles. The maximum atomic E-state index is 15.8. The van der Waals surface area contributed by atoms with Crippen LogP contribution in [0, 0.1) is 23.0 Å². The lowest BCUT2D eigenvalue weighted by molar-refractivity contribution is -0.141. The van der Waals surface area contributed by atoms with Crippen molar-refractivity contribution in [1.29, 1.82) is 0 Å². The van der Waals surface area contributed by atoms with E-state index in [-0.39, 0.29) is 28.3 Å². The van der Waals surface area contributed by atoms with Gasteiger partial charge in [0.05, 0.1) is 33.3 Å². The number of nitrogens with one attached hydrogen (secondary N) is 1. The standard InChI is InChI=1S/C37H41F2N5O4S2/c1-22(34(45)46)18-23-8-6-9-24(19-23)37(4)14-7-13-36(2,3)21-50(47,48)17-12-27-26-11-16-41-31(26)29(38)30(39)32(27)49-25-10-15-40-28(20-25)33-42-35(37)43-44(33)5/h6,8-11,15-16,19-20,22,41H,7,12-14,17-18,21H2,1-5H3,(H,45,46)/t22-,37+/m0/s1. The van der Waals surface area contributed by atoms with Crippen LogP contribution in [-0.4, -0.2) is 55.7 Å². The Morgan fingerprint density at radius 1 is 1.12 bits per heavy atom. The molecule has 0 radical (unpaired) electrons. The Kier molecular flexibility index (Phi) is 9.68. The minimum absolute atomic E-state index is 0.00809. The summed E-state index contributed by atoms with van der Waals surface area (Å²) in [7, 11) is -1.83. The molecule has 0 spiro atoms. The van der Waals surface area contributed by atoms with E-state index < -0.39 is 44.2 Å². The van der Waals surface area contributed by atoms with Crippen LogP contribution in [0.5, 0.6) is 0 Å². The second kappa shape index (κ2) is 13.6. The fraction of sp³-hybridized carbons (Fsp3) is 0.405. The molecular formula is C37H41F2N5O4S2. The van der Waals surface area contributed by atoms with Crippen LogP contribution >= 0.6 is 11.8 Å². The van der Waals surface area contributed by atoms with Gasteiger partial charge in [0, 0.05) is 29.7 Å². The Morgan fingerprint density at radius 2 is 1.90 bits per heavy atom. The number of nitrogens with zero attached hydrogens (tertiary/aromatic N) is 4. The third-order valence-electron chi connectivity index (χ3n) is 9.73. The SMILES string of the molecule is C[C@@H](Cc1cccc([C@@]2(C)CCCC(C)(C)CS(=O)(=O)CCc3c(c(F)c(F)c4[nH]ccc34)Sc3ccnc(c3)-c3nc2nn3C)c1)C(=O)O. The molecule has 0 aliphatic carbocycles. The Labute approximate surface area is 294 Å². The summed E-state index contributed by atoms with van der Waals surface area (Å²) < 4.78 is 60.0. The highest BCUT2D eigenvalue weighted by Crippen LogP contribution is 2.42. The number of hydrogen-bond acceptors (Lipinski definition) is 7. The lowest BCUT2D eigenvalue weighted by Crippen LogP contribution is -2.29. The number of aliphatic carboxylic acids is 1. The number of fused-ring (bicyclic) bond motifs is 8. The Morgan fingerprint density at radius 3 is 2.66 bits per heavy atom. The molecule has 2 N–H and O–H groups in total. The molecule has 50 heavy (non-hydrogen) atoms. The molecule has 0 unspecified atom stereocenters. The van der Waals surface area contributed by atoms with Crippen LogP contribution in [0.3, 0.4) is 0 Å². The smallest absolute Gasteiger partial charge is 0.306 e. The maximum absolute atomic E-state index is 15.8. The summed E-state index contributed by atoms with van der Waals surface area (Å²) in [5, 5.41) is 14.9. The maximum Gasteiger partial charge on any atom is 0.306 e. The van der Waals surface area contributed by atoms with Gasteiger partial charge in [-0.25, -0.2) is 26.9 Å². The molecule has 6 rings (SSSR count).